The van der Waals surface area contributed by atoms with Crippen molar-refractivity contribution in [3.63, 3.8) is 0 Å². The van der Waals surface area contributed by atoms with Gasteiger partial charge in [-0.1, -0.05) is 12.1 Å². The summed E-state index contributed by atoms with van der Waals surface area (Å²) in [5.41, 5.74) is 1.14. The summed E-state index contributed by atoms with van der Waals surface area (Å²) in [6, 6.07) is 8.63. The van der Waals surface area contributed by atoms with E-state index in [0.717, 1.165) is 31.4 Å². The van der Waals surface area contributed by atoms with E-state index in [2.05, 4.69) is 5.32 Å². The molecule has 1 saturated carbocycles. The van der Waals surface area contributed by atoms with Crippen LogP contribution in [0.3, 0.4) is 0 Å². The van der Waals surface area contributed by atoms with Crippen molar-refractivity contribution < 1.29 is 13.6 Å². The van der Waals surface area contributed by atoms with Crippen LogP contribution in [0.2, 0.25) is 0 Å². The van der Waals surface area contributed by atoms with Crippen LogP contribution in [-0.2, 0) is 24.8 Å². The molecule has 8 heteroatoms. The molecule has 2 atom stereocenters. The van der Waals surface area contributed by atoms with Crippen molar-refractivity contribution in [1.82, 2.24) is 14.8 Å². The minimum atomic E-state index is -0.919. The van der Waals surface area contributed by atoms with Crippen molar-refractivity contribution in [3.05, 3.63) is 69.1 Å². The van der Waals surface area contributed by atoms with Gasteiger partial charge in [-0.25, -0.2) is 8.78 Å². The molecule has 1 aromatic carbocycles. The number of aryl methyl sites for hydroxylation is 2. The standard InChI is InChI=1S/C26H30F2N4O2/c1-31-13-10-18(14-23(31)33)21-9-12-30-15-22(21)26(34)32(20-7-8-20)16-19-6-5-17(4-2-3-11-29)24(27)25(19)28/h5-6,10,13-14,20-22,30H,2-4,7-9,12,15-16H2,1H3/t21-,22+/m1/s1. The van der Waals surface area contributed by atoms with Crippen LogP contribution in [-0.4, -0.2) is 34.5 Å². The van der Waals surface area contributed by atoms with Crippen LogP contribution in [0.5, 0.6) is 0 Å². The average molecular weight is 469 g/mol. The van der Waals surface area contributed by atoms with Gasteiger partial charge in [-0.15, -0.1) is 0 Å². The number of carbonyl (C=O) groups is 1. The lowest BCUT2D eigenvalue weighted by Crippen LogP contribution is -2.47. The number of carbonyl (C=O) groups excluding carboxylic acids is 1. The van der Waals surface area contributed by atoms with Gasteiger partial charge in [0.25, 0.3) is 5.56 Å². The summed E-state index contributed by atoms with van der Waals surface area (Å²) in [6.07, 6.45) is 5.19. The molecule has 1 N–H and O–H groups in total. The van der Waals surface area contributed by atoms with Gasteiger partial charge >= 0.3 is 0 Å². The number of halogens is 2. The molecule has 180 valence electrons. The van der Waals surface area contributed by atoms with E-state index in [1.54, 1.807) is 36.3 Å². The van der Waals surface area contributed by atoms with E-state index in [4.69, 9.17) is 5.26 Å². The molecule has 1 saturated heterocycles. The normalized spacial score (nSPS) is 20.1. The molecule has 2 aliphatic rings. The van der Waals surface area contributed by atoms with Crippen LogP contribution in [0.25, 0.3) is 0 Å². The van der Waals surface area contributed by atoms with Gasteiger partial charge in [0.2, 0.25) is 5.91 Å². The first-order chi connectivity index (χ1) is 16.4. The number of aromatic nitrogens is 1. The van der Waals surface area contributed by atoms with E-state index in [1.165, 1.54) is 4.57 Å². The summed E-state index contributed by atoms with van der Waals surface area (Å²) < 4.78 is 31.1. The highest BCUT2D eigenvalue weighted by atomic mass is 19.2. The van der Waals surface area contributed by atoms with Crippen LogP contribution in [0, 0.1) is 28.9 Å². The van der Waals surface area contributed by atoms with Crippen LogP contribution < -0.4 is 10.9 Å². The number of nitriles is 1. The Hall–Kier alpha value is -3.05. The lowest BCUT2D eigenvalue weighted by Gasteiger charge is -2.35. The highest BCUT2D eigenvalue weighted by Crippen LogP contribution is 2.36. The third-order valence-electron chi connectivity index (χ3n) is 6.94. The van der Waals surface area contributed by atoms with Crippen LogP contribution in [0.15, 0.2) is 35.3 Å². The van der Waals surface area contributed by atoms with Gasteiger partial charge in [-0.3, -0.25) is 9.59 Å². The zero-order valence-electron chi connectivity index (χ0n) is 19.4. The van der Waals surface area contributed by atoms with Crippen molar-refractivity contribution in [2.24, 2.45) is 13.0 Å². The first-order valence-corrected chi connectivity index (χ1v) is 11.9. The molecule has 6 nitrogen and oxygen atoms in total. The van der Waals surface area contributed by atoms with E-state index in [1.807, 2.05) is 12.1 Å². The number of amides is 1. The fraction of sp³-hybridized carbons (Fsp3) is 0.500. The number of unbranched alkanes of at least 4 members (excludes halogenated alkanes) is 1. The molecular formula is C26H30F2N4O2. The summed E-state index contributed by atoms with van der Waals surface area (Å²) in [7, 11) is 1.69. The Balaban J connectivity index is 1.55. The Morgan fingerprint density at radius 3 is 2.65 bits per heavy atom. The monoisotopic (exact) mass is 468 g/mol. The predicted molar refractivity (Wildman–Crippen MR) is 124 cm³/mol. The van der Waals surface area contributed by atoms with E-state index >= 15 is 0 Å². The Kier molecular flexibility index (Phi) is 7.42. The lowest BCUT2D eigenvalue weighted by molar-refractivity contribution is -0.138. The second kappa shape index (κ2) is 10.5. The third kappa shape index (κ3) is 5.20. The molecule has 34 heavy (non-hydrogen) atoms. The number of piperidine rings is 1. The summed E-state index contributed by atoms with van der Waals surface area (Å²) in [5.74, 6) is -2.38. The molecule has 2 aromatic rings. The van der Waals surface area contributed by atoms with Gasteiger partial charge < -0.3 is 14.8 Å². The molecule has 0 radical (unpaired) electrons. The highest BCUT2D eigenvalue weighted by molar-refractivity contribution is 5.81. The fourth-order valence-corrected chi connectivity index (χ4v) is 4.78. The number of pyridine rings is 1. The van der Waals surface area contributed by atoms with E-state index in [-0.39, 0.29) is 53.4 Å². The van der Waals surface area contributed by atoms with Gasteiger partial charge in [0.05, 0.1) is 12.0 Å². The Bertz CT molecular complexity index is 1150. The Labute approximate surface area is 198 Å². The topological polar surface area (TPSA) is 78.1 Å². The quantitative estimate of drug-likeness (QED) is 0.603. The van der Waals surface area contributed by atoms with E-state index in [0.29, 0.717) is 19.4 Å². The number of hydrogen-bond acceptors (Lipinski definition) is 4. The van der Waals surface area contributed by atoms with Gasteiger partial charge in [-0.05, 0) is 61.8 Å². The van der Waals surface area contributed by atoms with Crippen molar-refractivity contribution >= 4 is 5.91 Å². The maximum absolute atomic E-state index is 14.9. The molecule has 1 amide bonds. The fourth-order valence-electron chi connectivity index (χ4n) is 4.78. The molecule has 0 spiro atoms. The highest BCUT2D eigenvalue weighted by Gasteiger charge is 2.40. The molecule has 2 fully saturated rings. The zero-order valence-corrected chi connectivity index (χ0v) is 19.4. The minimum Gasteiger partial charge on any atom is -0.335 e. The van der Waals surface area contributed by atoms with Crippen molar-refractivity contribution in [3.8, 4) is 6.07 Å². The lowest BCUT2D eigenvalue weighted by atomic mass is 9.80. The van der Waals surface area contributed by atoms with Crippen molar-refractivity contribution in [1.29, 1.82) is 5.26 Å². The molecule has 0 unspecified atom stereocenters. The van der Waals surface area contributed by atoms with Gasteiger partial charge in [0.1, 0.15) is 0 Å². The smallest absolute Gasteiger partial charge is 0.250 e. The second-order valence-corrected chi connectivity index (χ2v) is 9.34. The maximum Gasteiger partial charge on any atom is 0.250 e. The van der Waals surface area contributed by atoms with Crippen LogP contribution >= 0.6 is 0 Å². The van der Waals surface area contributed by atoms with Crippen LogP contribution in [0.4, 0.5) is 8.78 Å². The molecule has 1 aromatic heterocycles. The molecule has 4 rings (SSSR count). The number of nitrogens with zero attached hydrogens (tertiary/aromatic N) is 3. The van der Waals surface area contributed by atoms with E-state index < -0.39 is 11.6 Å². The molecular weight excluding hydrogens is 438 g/mol. The van der Waals surface area contributed by atoms with Gasteiger partial charge in [0.15, 0.2) is 11.6 Å². The molecule has 0 bridgehead atoms. The van der Waals surface area contributed by atoms with Crippen LogP contribution in [0.1, 0.15) is 54.7 Å². The Morgan fingerprint density at radius 2 is 1.94 bits per heavy atom. The first-order valence-electron chi connectivity index (χ1n) is 11.9. The maximum atomic E-state index is 14.9. The second-order valence-electron chi connectivity index (χ2n) is 9.34. The number of hydrogen-bond donors (Lipinski definition) is 1. The largest absolute Gasteiger partial charge is 0.335 e. The summed E-state index contributed by atoms with van der Waals surface area (Å²) in [6.45, 7) is 1.25. The van der Waals surface area contributed by atoms with Gasteiger partial charge in [-0.2, -0.15) is 5.26 Å². The summed E-state index contributed by atoms with van der Waals surface area (Å²) in [5, 5.41) is 12.0. The summed E-state index contributed by atoms with van der Waals surface area (Å²) in [4.78, 5) is 27.6. The molecule has 1 aliphatic carbocycles. The molecule has 1 aliphatic heterocycles. The molecule has 2 heterocycles. The van der Waals surface area contributed by atoms with E-state index in [9.17, 15) is 18.4 Å². The Morgan fingerprint density at radius 1 is 1.21 bits per heavy atom. The SMILES string of the molecule is Cn1ccc([C@H]2CCNC[C@@H]2C(=O)N(Cc2ccc(CCCC#N)c(F)c2F)C2CC2)cc1=O. The van der Waals surface area contributed by atoms with Crippen molar-refractivity contribution in [2.45, 2.75) is 57.0 Å². The predicted octanol–water partition coefficient (Wildman–Crippen LogP) is 3.39. The number of nitrogens with one attached hydrogen (secondary N) is 1. The minimum absolute atomic E-state index is 0.0184. The van der Waals surface area contributed by atoms with Gasteiger partial charge in [0, 0.05) is 50.4 Å². The first kappa shape index (κ1) is 24.1. The zero-order chi connectivity index (χ0) is 24.2. The number of benzene rings is 1. The average Bonchev–Trinajstić information content (AvgIpc) is 3.68. The van der Waals surface area contributed by atoms with Crippen molar-refractivity contribution in [2.75, 3.05) is 13.1 Å². The summed E-state index contributed by atoms with van der Waals surface area (Å²) >= 11 is 0. The third-order valence-corrected chi connectivity index (χ3v) is 6.94. The number of rotatable bonds is 8.